The van der Waals surface area contributed by atoms with Crippen LogP contribution < -0.4 is 0 Å². The van der Waals surface area contributed by atoms with Crippen LogP contribution in [-0.2, 0) is 13.5 Å². The van der Waals surface area contributed by atoms with E-state index in [2.05, 4.69) is 16.0 Å². The Morgan fingerprint density at radius 3 is 2.93 bits per heavy atom. The van der Waals surface area contributed by atoms with Crippen LogP contribution in [-0.4, -0.2) is 14.5 Å². The van der Waals surface area contributed by atoms with Crippen LogP contribution in [0.15, 0.2) is 30.6 Å². The Morgan fingerprint density at radius 2 is 2.27 bits per heavy atom. The van der Waals surface area contributed by atoms with Crippen LogP contribution in [0, 0.1) is 11.3 Å². The summed E-state index contributed by atoms with van der Waals surface area (Å²) in [7, 11) is 1.89. The Kier molecular flexibility index (Phi) is 2.46. The second-order valence-electron chi connectivity index (χ2n) is 3.18. The first-order valence-electron chi connectivity index (χ1n) is 4.62. The summed E-state index contributed by atoms with van der Waals surface area (Å²) in [6.45, 7) is 0. The molecule has 0 amide bonds. The highest BCUT2D eigenvalue weighted by Crippen LogP contribution is 2.15. The number of rotatable bonds is 2. The lowest BCUT2D eigenvalue weighted by Crippen LogP contribution is -1.98. The van der Waals surface area contributed by atoms with Gasteiger partial charge in [-0.2, -0.15) is 5.26 Å². The first kappa shape index (κ1) is 9.41. The van der Waals surface area contributed by atoms with E-state index in [4.69, 9.17) is 5.26 Å². The number of nitrogens with zero attached hydrogens (tertiary/aromatic N) is 4. The lowest BCUT2D eigenvalue weighted by atomic mass is 10.3. The van der Waals surface area contributed by atoms with Gasteiger partial charge in [0.05, 0.1) is 18.2 Å². The molecule has 0 atom stereocenters. The summed E-state index contributed by atoms with van der Waals surface area (Å²) in [5.41, 5.74) is 1.72. The van der Waals surface area contributed by atoms with Crippen LogP contribution in [0.2, 0.25) is 0 Å². The van der Waals surface area contributed by atoms with Crippen molar-refractivity contribution in [1.82, 2.24) is 14.5 Å². The van der Waals surface area contributed by atoms with Crippen molar-refractivity contribution in [3.63, 3.8) is 0 Å². The maximum Gasteiger partial charge on any atom is 0.158 e. The van der Waals surface area contributed by atoms with E-state index in [1.807, 2.05) is 29.8 Å². The van der Waals surface area contributed by atoms with Crippen LogP contribution in [0.5, 0.6) is 0 Å². The normalized spacial score (nSPS) is 9.87. The summed E-state index contributed by atoms with van der Waals surface area (Å²) >= 11 is 0. The van der Waals surface area contributed by atoms with E-state index >= 15 is 0 Å². The molecule has 0 fully saturated rings. The highest BCUT2D eigenvalue weighted by molar-refractivity contribution is 5.50. The maximum absolute atomic E-state index is 8.62. The van der Waals surface area contributed by atoms with Gasteiger partial charge in [-0.25, -0.2) is 4.98 Å². The molecule has 2 rings (SSSR count). The van der Waals surface area contributed by atoms with Gasteiger partial charge in [0, 0.05) is 19.4 Å². The van der Waals surface area contributed by atoms with Gasteiger partial charge < -0.3 is 4.57 Å². The standard InChI is InChI=1S/C11H10N4/c1-15-9(5-6-12)8-14-11(15)10-4-2-3-7-13-10/h2-4,7-8H,5H2,1H3. The van der Waals surface area contributed by atoms with Gasteiger partial charge in [0.2, 0.25) is 0 Å². The zero-order valence-corrected chi connectivity index (χ0v) is 8.38. The molecule has 0 bridgehead atoms. The third-order valence-corrected chi connectivity index (χ3v) is 2.24. The van der Waals surface area contributed by atoms with Crippen molar-refractivity contribution in [2.75, 3.05) is 0 Å². The van der Waals surface area contributed by atoms with Gasteiger partial charge in [-0.15, -0.1) is 0 Å². The van der Waals surface area contributed by atoms with Crippen LogP contribution in [0.4, 0.5) is 0 Å². The second-order valence-corrected chi connectivity index (χ2v) is 3.18. The van der Waals surface area contributed by atoms with Crippen LogP contribution in [0.1, 0.15) is 5.69 Å². The van der Waals surface area contributed by atoms with Gasteiger partial charge in [-0.3, -0.25) is 4.98 Å². The molecule has 0 radical (unpaired) electrons. The second kappa shape index (κ2) is 3.93. The molecule has 0 saturated carbocycles. The minimum Gasteiger partial charge on any atom is -0.329 e. The largest absolute Gasteiger partial charge is 0.329 e. The van der Waals surface area contributed by atoms with E-state index < -0.39 is 0 Å². The van der Waals surface area contributed by atoms with Crippen LogP contribution >= 0.6 is 0 Å². The molecule has 0 unspecified atom stereocenters. The van der Waals surface area contributed by atoms with E-state index in [1.54, 1.807) is 12.4 Å². The maximum atomic E-state index is 8.62. The molecule has 0 spiro atoms. The Morgan fingerprint density at radius 1 is 1.40 bits per heavy atom. The molecule has 2 aromatic rings. The molecule has 0 aliphatic rings. The van der Waals surface area contributed by atoms with Gasteiger partial charge in [0.1, 0.15) is 5.69 Å². The van der Waals surface area contributed by atoms with Crippen LogP contribution in [0.25, 0.3) is 11.5 Å². The summed E-state index contributed by atoms with van der Waals surface area (Å²) in [6, 6.07) is 7.79. The van der Waals surface area contributed by atoms with Crippen molar-refractivity contribution < 1.29 is 0 Å². The molecule has 2 aromatic heterocycles. The van der Waals surface area contributed by atoms with Crippen molar-refractivity contribution in [3.05, 3.63) is 36.3 Å². The average Bonchev–Trinajstić information content (AvgIpc) is 2.63. The van der Waals surface area contributed by atoms with Gasteiger partial charge in [0.15, 0.2) is 5.82 Å². The molecule has 0 aliphatic heterocycles. The number of hydrogen-bond acceptors (Lipinski definition) is 3. The Labute approximate surface area is 87.8 Å². The van der Waals surface area contributed by atoms with Gasteiger partial charge >= 0.3 is 0 Å². The Balaban J connectivity index is 2.43. The molecule has 4 heteroatoms. The summed E-state index contributed by atoms with van der Waals surface area (Å²) < 4.78 is 1.89. The molecule has 74 valence electrons. The van der Waals surface area contributed by atoms with Gasteiger partial charge in [0.25, 0.3) is 0 Å². The predicted octanol–water partition coefficient (Wildman–Crippen LogP) is 1.55. The quantitative estimate of drug-likeness (QED) is 0.735. The summed E-state index contributed by atoms with van der Waals surface area (Å²) in [5.74, 6) is 0.792. The average molecular weight is 198 g/mol. The fourth-order valence-corrected chi connectivity index (χ4v) is 1.42. The van der Waals surface area contributed by atoms with Crippen molar-refractivity contribution >= 4 is 0 Å². The van der Waals surface area contributed by atoms with E-state index in [0.717, 1.165) is 17.2 Å². The number of nitriles is 1. The predicted molar refractivity (Wildman–Crippen MR) is 55.8 cm³/mol. The molecule has 2 heterocycles. The molecular formula is C11H10N4. The third-order valence-electron chi connectivity index (χ3n) is 2.24. The van der Waals surface area contributed by atoms with Gasteiger partial charge in [-0.05, 0) is 12.1 Å². The topological polar surface area (TPSA) is 54.5 Å². The van der Waals surface area contributed by atoms with E-state index in [0.29, 0.717) is 6.42 Å². The van der Waals surface area contributed by atoms with Crippen LogP contribution in [0.3, 0.4) is 0 Å². The first-order chi connectivity index (χ1) is 7.33. The highest BCUT2D eigenvalue weighted by Gasteiger charge is 2.08. The highest BCUT2D eigenvalue weighted by atomic mass is 15.1. The SMILES string of the molecule is Cn1c(CC#N)cnc1-c1ccccn1. The summed E-state index contributed by atoms with van der Waals surface area (Å²) in [6.07, 6.45) is 3.82. The van der Waals surface area contributed by atoms with E-state index in [-0.39, 0.29) is 0 Å². The summed E-state index contributed by atoms with van der Waals surface area (Å²) in [4.78, 5) is 8.47. The molecule has 4 nitrogen and oxygen atoms in total. The van der Waals surface area contributed by atoms with Crippen molar-refractivity contribution in [2.24, 2.45) is 7.05 Å². The fourth-order valence-electron chi connectivity index (χ4n) is 1.42. The summed E-state index contributed by atoms with van der Waals surface area (Å²) in [5, 5.41) is 8.62. The molecule has 0 aromatic carbocycles. The molecule has 15 heavy (non-hydrogen) atoms. The smallest absolute Gasteiger partial charge is 0.158 e. The number of aromatic nitrogens is 3. The zero-order chi connectivity index (χ0) is 10.7. The van der Waals surface area contributed by atoms with Gasteiger partial charge in [-0.1, -0.05) is 6.07 Å². The third kappa shape index (κ3) is 1.72. The lowest BCUT2D eigenvalue weighted by Gasteiger charge is -2.02. The number of imidazole rings is 1. The van der Waals surface area contributed by atoms with E-state index in [9.17, 15) is 0 Å². The van der Waals surface area contributed by atoms with Crippen molar-refractivity contribution in [1.29, 1.82) is 5.26 Å². The number of pyridine rings is 1. The Bertz CT molecular complexity index is 493. The zero-order valence-electron chi connectivity index (χ0n) is 8.38. The molecule has 0 aliphatic carbocycles. The minimum atomic E-state index is 0.371. The Hall–Kier alpha value is -2.15. The first-order valence-corrected chi connectivity index (χ1v) is 4.62. The lowest BCUT2D eigenvalue weighted by molar-refractivity contribution is 0.859. The fraction of sp³-hybridized carbons (Fsp3) is 0.182. The molecule has 0 saturated heterocycles. The monoisotopic (exact) mass is 198 g/mol. The number of hydrogen-bond donors (Lipinski definition) is 0. The van der Waals surface area contributed by atoms with E-state index in [1.165, 1.54) is 0 Å². The molecule has 0 N–H and O–H groups in total. The minimum absolute atomic E-state index is 0.371. The molecular weight excluding hydrogens is 188 g/mol. The van der Waals surface area contributed by atoms with Crippen molar-refractivity contribution in [3.8, 4) is 17.6 Å². The van der Waals surface area contributed by atoms with Crippen molar-refractivity contribution in [2.45, 2.75) is 6.42 Å².